The molecule has 1 aliphatic rings. The van der Waals surface area contributed by atoms with E-state index in [1.807, 2.05) is 42.8 Å². The highest BCUT2D eigenvalue weighted by molar-refractivity contribution is 5.93. The van der Waals surface area contributed by atoms with Gasteiger partial charge in [0.25, 0.3) is 11.5 Å². The van der Waals surface area contributed by atoms with Gasteiger partial charge in [0.05, 0.1) is 0 Å². The number of aromatic amines is 1. The number of hydrogen-bond donors (Lipinski definition) is 1. The molecule has 1 fully saturated rings. The highest BCUT2D eigenvalue weighted by atomic mass is 16.2. The van der Waals surface area contributed by atoms with Crippen LogP contribution in [0, 0.1) is 6.92 Å². The standard InChI is InChI=1S/C20H22N6O2/c1-13-4-3-5-15(10-13)17-21-11-16(19(27)23-17)20(28)26-8-6-14(7-9-26)18-24-22-12-25(18)2/h3-5,10-12,14H,6-9H2,1-2H3,(H,21,23,27). The van der Waals surface area contributed by atoms with E-state index in [1.54, 1.807) is 11.2 Å². The summed E-state index contributed by atoms with van der Waals surface area (Å²) in [7, 11) is 1.92. The van der Waals surface area contributed by atoms with Crippen LogP contribution in [0.15, 0.2) is 41.6 Å². The third-order valence-electron chi connectivity index (χ3n) is 5.21. The molecule has 0 aliphatic carbocycles. The Morgan fingerprint density at radius 1 is 1.25 bits per heavy atom. The first kappa shape index (κ1) is 18.1. The molecule has 2 aromatic heterocycles. The molecule has 28 heavy (non-hydrogen) atoms. The number of carbonyl (C=O) groups excluding carboxylic acids is 1. The van der Waals surface area contributed by atoms with Crippen LogP contribution in [0.25, 0.3) is 11.4 Å². The van der Waals surface area contributed by atoms with Crippen molar-refractivity contribution >= 4 is 5.91 Å². The normalized spacial score (nSPS) is 15.0. The Balaban J connectivity index is 1.48. The first-order valence-corrected chi connectivity index (χ1v) is 9.32. The maximum atomic E-state index is 12.8. The summed E-state index contributed by atoms with van der Waals surface area (Å²) in [5.74, 6) is 1.40. The van der Waals surface area contributed by atoms with Crippen LogP contribution in [0.3, 0.4) is 0 Å². The molecule has 0 spiro atoms. The predicted molar refractivity (Wildman–Crippen MR) is 104 cm³/mol. The SMILES string of the molecule is Cc1cccc(-c2ncc(C(=O)N3CCC(c4nncn4C)CC3)c(=O)[nH]2)c1. The van der Waals surface area contributed by atoms with Crippen LogP contribution in [0.2, 0.25) is 0 Å². The van der Waals surface area contributed by atoms with Gasteiger partial charge in [-0.25, -0.2) is 4.98 Å². The molecule has 0 unspecified atom stereocenters. The van der Waals surface area contributed by atoms with Crippen LogP contribution in [-0.2, 0) is 7.05 Å². The molecule has 1 N–H and O–H groups in total. The van der Waals surface area contributed by atoms with E-state index in [0.717, 1.165) is 29.8 Å². The van der Waals surface area contributed by atoms with Gasteiger partial charge in [0.15, 0.2) is 0 Å². The Morgan fingerprint density at radius 2 is 2.04 bits per heavy atom. The molecule has 1 saturated heterocycles. The number of aryl methyl sites for hydroxylation is 2. The fourth-order valence-corrected chi connectivity index (χ4v) is 3.66. The third kappa shape index (κ3) is 3.45. The Labute approximate surface area is 162 Å². The number of nitrogens with zero attached hydrogens (tertiary/aromatic N) is 5. The number of hydrogen-bond acceptors (Lipinski definition) is 5. The van der Waals surface area contributed by atoms with Crippen molar-refractivity contribution in [3.05, 3.63) is 64.1 Å². The summed E-state index contributed by atoms with van der Waals surface area (Å²) in [6, 6.07) is 7.70. The molecule has 0 radical (unpaired) electrons. The van der Waals surface area contributed by atoms with Gasteiger partial charge in [0.1, 0.15) is 23.5 Å². The minimum absolute atomic E-state index is 0.0773. The van der Waals surface area contributed by atoms with E-state index in [-0.39, 0.29) is 17.4 Å². The molecule has 4 rings (SSSR count). The second kappa shape index (κ2) is 7.38. The van der Waals surface area contributed by atoms with Gasteiger partial charge in [-0.2, -0.15) is 0 Å². The number of aromatic nitrogens is 5. The summed E-state index contributed by atoms with van der Waals surface area (Å²) in [5.41, 5.74) is 1.56. The van der Waals surface area contributed by atoms with E-state index < -0.39 is 5.56 Å². The largest absolute Gasteiger partial charge is 0.338 e. The van der Waals surface area contributed by atoms with Gasteiger partial charge in [-0.3, -0.25) is 9.59 Å². The van der Waals surface area contributed by atoms with Crippen LogP contribution < -0.4 is 5.56 Å². The molecule has 3 heterocycles. The summed E-state index contributed by atoms with van der Waals surface area (Å²) in [5, 5.41) is 8.10. The van der Waals surface area contributed by atoms with Crippen LogP contribution in [0.4, 0.5) is 0 Å². The molecule has 3 aromatic rings. The summed E-state index contributed by atoms with van der Waals surface area (Å²) in [6.45, 7) is 3.13. The monoisotopic (exact) mass is 378 g/mol. The number of H-pyrrole nitrogens is 1. The van der Waals surface area contributed by atoms with Crippen molar-refractivity contribution in [1.29, 1.82) is 0 Å². The molecular weight excluding hydrogens is 356 g/mol. The molecule has 8 nitrogen and oxygen atoms in total. The molecule has 144 valence electrons. The Kier molecular flexibility index (Phi) is 4.77. The molecule has 1 amide bonds. The summed E-state index contributed by atoms with van der Waals surface area (Å²) < 4.78 is 1.92. The first-order chi connectivity index (χ1) is 13.5. The quantitative estimate of drug-likeness (QED) is 0.751. The second-order valence-corrected chi connectivity index (χ2v) is 7.21. The topological polar surface area (TPSA) is 96.8 Å². The Morgan fingerprint density at radius 3 is 2.68 bits per heavy atom. The van der Waals surface area contributed by atoms with Crippen molar-refractivity contribution < 1.29 is 4.79 Å². The fourth-order valence-electron chi connectivity index (χ4n) is 3.66. The van der Waals surface area contributed by atoms with Gasteiger partial charge >= 0.3 is 0 Å². The summed E-state index contributed by atoms with van der Waals surface area (Å²) >= 11 is 0. The van der Waals surface area contributed by atoms with Gasteiger partial charge in [-0.05, 0) is 25.8 Å². The first-order valence-electron chi connectivity index (χ1n) is 9.32. The fraction of sp³-hybridized carbons (Fsp3) is 0.350. The van der Waals surface area contributed by atoms with Crippen LogP contribution in [-0.4, -0.2) is 48.6 Å². The maximum Gasteiger partial charge on any atom is 0.264 e. The predicted octanol–water partition coefficient (Wildman–Crippen LogP) is 1.89. The van der Waals surface area contributed by atoms with Crippen LogP contribution >= 0.6 is 0 Å². The van der Waals surface area contributed by atoms with Crippen molar-refractivity contribution in [3.63, 3.8) is 0 Å². The van der Waals surface area contributed by atoms with Gasteiger partial charge in [-0.15, -0.1) is 10.2 Å². The second-order valence-electron chi connectivity index (χ2n) is 7.21. The molecule has 8 heteroatoms. The lowest BCUT2D eigenvalue weighted by Gasteiger charge is -2.31. The minimum Gasteiger partial charge on any atom is -0.338 e. The van der Waals surface area contributed by atoms with E-state index in [2.05, 4.69) is 20.2 Å². The molecular formula is C20H22N6O2. The molecule has 1 aliphatic heterocycles. The maximum absolute atomic E-state index is 12.8. The lowest BCUT2D eigenvalue weighted by molar-refractivity contribution is 0.0708. The lowest BCUT2D eigenvalue weighted by atomic mass is 9.95. The van der Waals surface area contributed by atoms with E-state index in [9.17, 15) is 9.59 Å². The van der Waals surface area contributed by atoms with Crippen molar-refractivity contribution in [2.75, 3.05) is 13.1 Å². The van der Waals surface area contributed by atoms with Crippen LogP contribution in [0.1, 0.15) is 40.5 Å². The number of rotatable bonds is 3. The average Bonchev–Trinajstić information content (AvgIpc) is 3.13. The Bertz CT molecular complexity index is 1060. The summed E-state index contributed by atoms with van der Waals surface area (Å²) in [6.07, 6.45) is 4.66. The summed E-state index contributed by atoms with van der Waals surface area (Å²) in [4.78, 5) is 34.1. The molecule has 1 aromatic carbocycles. The van der Waals surface area contributed by atoms with Gasteiger partial charge in [-0.1, -0.05) is 23.8 Å². The van der Waals surface area contributed by atoms with Crippen molar-refractivity contribution in [2.45, 2.75) is 25.7 Å². The van der Waals surface area contributed by atoms with Gasteiger partial charge in [0.2, 0.25) is 0 Å². The van der Waals surface area contributed by atoms with E-state index in [1.165, 1.54) is 6.20 Å². The number of amides is 1. The molecule has 0 bridgehead atoms. The average molecular weight is 378 g/mol. The molecule has 0 atom stereocenters. The number of likely N-dealkylation sites (tertiary alicyclic amines) is 1. The van der Waals surface area contributed by atoms with Crippen molar-refractivity contribution in [3.8, 4) is 11.4 Å². The highest BCUT2D eigenvalue weighted by Gasteiger charge is 2.28. The van der Waals surface area contributed by atoms with Crippen molar-refractivity contribution in [1.82, 2.24) is 29.6 Å². The van der Waals surface area contributed by atoms with E-state index >= 15 is 0 Å². The zero-order valence-corrected chi connectivity index (χ0v) is 15.9. The third-order valence-corrected chi connectivity index (χ3v) is 5.21. The smallest absolute Gasteiger partial charge is 0.264 e. The van der Waals surface area contributed by atoms with Gasteiger partial charge < -0.3 is 14.5 Å². The minimum atomic E-state index is -0.410. The number of carbonyl (C=O) groups is 1. The van der Waals surface area contributed by atoms with E-state index in [0.29, 0.717) is 18.9 Å². The zero-order valence-electron chi connectivity index (χ0n) is 15.9. The zero-order chi connectivity index (χ0) is 19.7. The lowest BCUT2D eigenvalue weighted by Crippen LogP contribution is -2.40. The highest BCUT2D eigenvalue weighted by Crippen LogP contribution is 2.26. The number of nitrogens with one attached hydrogen (secondary N) is 1. The number of piperidine rings is 1. The van der Waals surface area contributed by atoms with Gasteiger partial charge in [0, 0.05) is 37.8 Å². The van der Waals surface area contributed by atoms with E-state index in [4.69, 9.17) is 0 Å². The Hall–Kier alpha value is -3.29. The molecule has 0 saturated carbocycles. The van der Waals surface area contributed by atoms with Crippen molar-refractivity contribution in [2.24, 2.45) is 7.05 Å². The number of benzene rings is 1. The van der Waals surface area contributed by atoms with Crippen LogP contribution in [0.5, 0.6) is 0 Å².